The van der Waals surface area contributed by atoms with Crippen LogP contribution in [-0.2, 0) is 0 Å². The quantitative estimate of drug-likeness (QED) is 0.168. The van der Waals surface area contributed by atoms with Crippen LogP contribution in [0.4, 0.5) is 11.4 Å². The first-order valence-corrected chi connectivity index (χ1v) is 13.0. The minimum Gasteiger partial charge on any atom is -0.355 e. The van der Waals surface area contributed by atoms with Gasteiger partial charge in [0.1, 0.15) is 0 Å². The number of nitrogens with one attached hydrogen (secondary N) is 2. The summed E-state index contributed by atoms with van der Waals surface area (Å²) in [4.78, 5) is 38.9. The van der Waals surface area contributed by atoms with Gasteiger partial charge in [0.25, 0.3) is 11.4 Å². The molecule has 0 aliphatic carbocycles. The molecule has 10 heteroatoms. The second kappa shape index (κ2) is 9.79. The van der Waals surface area contributed by atoms with Crippen molar-refractivity contribution >= 4 is 57.7 Å². The van der Waals surface area contributed by atoms with Crippen LogP contribution in [-0.4, -0.2) is 29.8 Å². The van der Waals surface area contributed by atoms with Crippen molar-refractivity contribution in [1.29, 1.82) is 0 Å². The number of rotatable bonds is 4. The first kappa shape index (κ1) is 24.9. The van der Waals surface area contributed by atoms with Crippen LogP contribution in [0, 0.1) is 20.2 Å². The molecule has 0 amide bonds. The zero-order valence-electron chi connectivity index (χ0n) is 21.8. The van der Waals surface area contributed by atoms with Crippen LogP contribution in [0.5, 0.6) is 0 Å². The van der Waals surface area contributed by atoms with Gasteiger partial charge >= 0.3 is 0 Å². The Morgan fingerprint density at radius 3 is 1.48 bits per heavy atom. The SMILES string of the molecule is O=[N+]([O-])c1cccc(-c2c3nc(c(-c4cccc([N+](=O)[O-])c4)c4ccc(cc5nc(cc6ccc2[nH]6)C=C5)[nH]4)C=C3)c1. The van der Waals surface area contributed by atoms with Crippen molar-refractivity contribution in [3.8, 4) is 22.3 Å². The van der Waals surface area contributed by atoms with Gasteiger partial charge in [-0.3, -0.25) is 20.2 Å². The number of fused-ring (bicyclic) bond motifs is 8. The minimum atomic E-state index is -0.427. The van der Waals surface area contributed by atoms with Crippen LogP contribution in [0.2, 0.25) is 0 Å². The third-order valence-electron chi connectivity index (χ3n) is 7.09. The lowest BCUT2D eigenvalue weighted by Gasteiger charge is -2.05. The molecule has 0 atom stereocenters. The lowest BCUT2D eigenvalue weighted by atomic mass is 10.0. The molecule has 8 bridgehead atoms. The number of H-pyrrole nitrogens is 2. The fourth-order valence-corrected chi connectivity index (χ4v) is 5.23. The highest BCUT2D eigenvalue weighted by Gasteiger charge is 2.18. The molecule has 0 radical (unpaired) electrons. The van der Waals surface area contributed by atoms with Gasteiger partial charge in [-0.2, -0.15) is 0 Å². The second-order valence-electron chi connectivity index (χ2n) is 9.82. The molecule has 10 nitrogen and oxygen atoms in total. The van der Waals surface area contributed by atoms with Crippen molar-refractivity contribution in [2.45, 2.75) is 0 Å². The van der Waals surface area contributed by atoms with Gasteiger partial charge in [-0.25, -0.2) is 9.97 Å². The summed E-state index contributed by atoms with van der Waals surface area (Å²) < 4.78 is 0. The molecule has 2 aliphatic heterocycles. The van der Waals surface area contributed by atoms with E-state index in [1.165, 1.54) is 24.3 Å². The highest BCUT2D eigenvalue weighted by atomic mass is 16.6. The summed E-state index contributed by atoms with van der Waals surface area (Å²) in [6.45, 7) is 0. The Labute approximate surface area is 237 Å². The topological polar surface area (TPSA) is 144 Å². The van der Waals surface area contributed by atoms with Crippen LogP contribution in [0.25, 0.3) is 68.6 Å². The van der Waals surface area contributed by atoms with Gasteiger partial charge in [-0.1, -0.05) is 24.3 Å². The molecule has 0 saturated heterocycles. The first-order chi connectivity index (χ1) is 20.4. The van der Waals surface area contributed by atoms with Crippen molar-refractivity contribution in [1.82, 2.24) is 19.9 Å². The molecule has 202 valence electrons. The predicted octanol–water partition coefficient (Wildman–Crippen LogP) is 7.81. The Balaban J connectivity index is 1.62. The second-order valence-corrected chi connectivity index (χ2v) is 9.82. The van der Waals surface area contributed by atoms with E-state index in [2.05, 4.69) is 9.97 Å². The third-order valence-corrected chi connectivity index (χ3v) is 7.09. The van der Waals surface area contributed by atoms with Crippen molar-refractivity contribution in [3.05, 3.63) is 128 Å². The van der Waals surface area contributed by atoms with E-state index < -0.39 is 9.85 Å². The van der Waals surface area contributed by atoms with Crippen molar-refractivity contribution in [3.63, 3.8) is 0 Å². The Kier molecular flexibility index (Phi) is 5.79. The Morgan fingerprint density at radius 2 is 1.02 bits per heavy atom. The van der Waals surface area contributed by atoms with Crippen LogP contribution in [0.1, 0.15) is 22.8 Å². The summed E-state index contributed by atoms with van der Waals surface area (Å²) in [5.41, 5.74) is 8.26. The van der Waals surface area contributed by atoms with E-state index in [1.54, 1.807) is 12.1 Å². The highest BCUT2D eigenvalue weighted by molar-refractivity contribution is 5.95. The van der Waals surface area contributed by atoms with Crippen LogP contribution in [0.15, 0.2) is 84.9 Å². The van der Waals surface area contributed by atoms with Gasteiger partial charge in [0.05, 0.1) is 32.6 Å². The van der Waals surface area contributed by atoms with E-state index in [1.807, 2.05) is 72.8 Å². The summed E-state index contributed by atoms with van der Waals surface area (Å²) in [5.74, 6) is 0. The number of non-ortho nitro benzene ring substituents is 2. The maximum absolute atomic E-state index is 11.6. The molecule has 0 saturated carbocycles. The lowest BCUT2D eigenvalue weighted by Crippen LogP contribution is -1.91. The largest absolute Gasteiger partial charge is 0.355 e. The summed E-state index contributed by atoms with van der Waals surface area (Å²) in [6, 6.07) is 24.4. The predicted molar refractivity (Wildman–Crippen MR) is 163 cm³/mol. The molecule has 0 unspecified atom stereocenters. The van der Waals surface area contributed by atoms with Crippen LogP contribution in [0.3, 0.4) is 0 Å². The standard InChI is InChI=1S/C32H20N6O4/c39-37(40)25-5-1-3-19(15-25)31-27-11-9-23(34-27)17-21-7-8-22(33-21)18-24-10-12-28(35-24)32(30-14-13-29(31)36-30)20-4-2-6-26(16-20)38(41)42/h1-18,34-35H. The molecule has 5 heterocycles. The molecular formula is C32H20N6O4. The van der Waals surface area contributed by atoms with Crippen LogP contribution < -0.4 is 0 Å². The van der Waals surface area contributed by atoms with E-state index >= 15 is 0 Å². The number of aromatic amines is 2. The van der Waals surface area contributed by atoms with Crippen molar-refractivity contribution in [2.75, 3.05) is 0 Å². The lowest BCUT2D eigenvalue weighted by molar-refractivity contribution is -0.385. The fraction of sp³-hybridized carbons (Fsp3) is 0. The number of nitro benzene ring substituents is 2. The van der Waals surface area contributed by atoms with Gasteiger partial charge in [-0.15, -0.1) is 0 Å². The number of benzene rings is 2. The summed E-state index contributed by atoms with van der Waals surface area (Å²) in [5, 5.41) is 23.2. The number of aromatic nitrogens is 4. The Morgan fingerprint density at radius 1 is 0.548 bits per heavy atom. The maximum Gasteiger partial charge on any atom is 0.270 e. The fourth-order valence-electron chi connectivity index (χ4n) is 5.23. The summed E-state index contributed by atoms with van der Waals surface area (Å²) in [6.07, 6.45) is 7.54. The highest BCUT2D eigenvalue weighted by Crippen LogP contribution is 2.36. The molecule has 5 aromatic rings. The molecule has 2 aliphatic rings. The monoisotopic (exact) mass is 552 g/mol. The van der Waals surface area contributed by atoms with Crippen molar-refractivity contribution < 1.29 is 9.85 Å². The van der Waals surface area contributed by atoms with E-state index in [4.69, 9.17) is 9.97 Å². The average Bonchev–Trinajstić information content (AvgIpc) is 3.80. The molecule has 3 aromatic heterocycles. The van der Waals surface area contributed by atoms with E-state index in [0.29, 0.717) is 33.6 Å². The molecule has 0 spiro atoms. The van der Waals surface area contributed by atoms with E-state index in [-0.39, 0.29) is 11.4 Å². The minimum absolute atomic E-state index is 0.0372. The smallest absolute Gasteiger partial charge is 0.270 e. The van der Waals surface area contributed by atoms with Gasteiger partial charge < -0.3 is 9.97 Å². The van der Waals surface area contributed by atoms with E-state index in [0.717, 1.165) is 33.5 Å². The normalized spacial score (nSPS) is 12.0. The molecule has 2 aromatic carbocycles. The summed E-state index contributed by atoms with van der Waals surface area (Å²) >= 11 is 0. The zero-order chi connectivity index (χ0) is 28.8. The number of hydrogen-bond acceptors (Lipinski definition) is 6. The van der Waals surface area contributed by atoms with E-state index in [9.17, 15) is 20.2 Å². The number of nitro groups is 2. The molecule has 2 N–H and O–H groups in total. The molecular weight excluding hydrogens is 532 g/mol. The van der Waals surface area contributed by atoms with Gasteiger partial charge in [0.15, 0.2) is 0 Å². The molecule has 7 rings (SSSR count). The maximum atomic E-state index is 11.6. The number of hydrogen-bond donors (Lipinski definition) is 2. The zero-order valence-corrected chi connectivity index (χ0v) is 21.8. The third kappa shape index (κ3) is 4.52. The van der Waals surface area contributed by atoms with Gasteiger partial charge in [0, 0.05) is 57.5 Å². The molecule has 0 fully saturated rings. The van der Waals surface area contributed by atoms with Crippen molar-refractivity contribution in [2.24, 2.45) is 0 Å². The molecule has 42 heavy (non-hydrogen) atoms. The Bertz CT molecular complexity index is 2030. The summed E-state index contributed by atoms with van der Waals surface area (Å²) in [7, 11) is 0. The average molecular weight is 553 g/mol. The van der Waals surface area contributed by atoms with Gasteiger partial charge in [0.2, 0.25) is 0 Å². The number of nitrogens with zero attached hydrogens (tertiary/aromatic N) is 4. The van der Waals surface area contributed by atoms with Gasteiger partial charge in [-0.05, 0) is 71.8 Å². The van der Waals surface area contributed by atoms with Crippen LogP contribution >= 0.6 is 0 Å². The Hall–Kier alpha value is -6.16. The first-order valence-electron chi connectivity index (χ1n) is 13.0.